The van der Waals surface area contributed by atoms with E-state index in [2.05, 4.69) is 13.8 Å². The molecule has 2 nitrogen and oxygen atoms in total. The smallest absolute Gasteiger partial charge is 0.123 e. The van der Waals surface area contributed by atoms with Gasteiger partial charge in [0.1, 0.15) is 6.29 Å². The summed E-state index contributed by atoms with van der Waals surface area (Å²) in [6.07, 6.45) is 36.5. The third-order valence-electron chi connectivity index (χ3n) is 7.98. The fourth-order valence-corrected chi connectivity index (χ4v) is 5.52. The van der Waals surface area contributed by atoms with E-state index in [9.17, 15) is 4.79 Å². The number of hydrogen-bond acceptors (Lipinski definition) is 2. The molecule has 1 unspecified atom stereocenters. The summed E-state index contributed by atoms with van der Waals surface area (Å²) < 4.78 is 5.10. The third-order valence-corrected chi connectivity index (χ3v) is 7.98. The number of unbranched alkanes of at least 4 members (excludes halogenated alkanes) is 17. The highest BCUT2D eigenvalue weighted by molar-refractivity contribution is 5.53. The molecule has 0 aliphatic heterocycles. The van der Waals surface area contributed by atoms with Crippen molar-refractivity contribution in [1.29, 1.82) is 0 Å². The predicted molar refractivity (Wildman–Crippen MR) is 156 cm³/mol. The first-order valence-corrected chi connectivity index (χ1v) is 16.2. The van der Waals surface area contributed by atoms with E-state index in [0.29, 0.717) is 5.92 Å². The van der Waals surface area contributed by atoms with Gasteiger partial charge in [0.2, 0.25) is 0 Å². The minimum Gasteiger partial charge on any atom is -0.385 e. The summed E-state index contributed by atoms with van der Waals surface area (Å²) in [7, 11) is 1.78. The molecule has 0 aliphatic rings. The number of rotatable bonds is 30. The molecule has 0 saturated heterocycles. The number of aldehydes is 1. The summed E-state index contributed by atoms with van der Waals surface area (Å²) in [5, 5.41) is 0. The normalized spacial score (nSPS) is 12.5. The molecule has 0 spiro atoms. The molecule has 1 atom stereocenters. The van der Waals surface area contributed by atoms with Gasteiger partial charge in [-0.05, 0) is 25.2 Å². The second kappa shape index (κ2) is 29.9. The molecule has 0 saturated carbocycles. The van der Waals surface area contributed by atoms with Crippen LogP contribution in [0.2, 0.25) is 0 Å². The first kappa shape index (κ1) is 34.6. The number of carbonyl (C=O) groups excluding carboxylic acids is 1. The molecule has 2 heteroatoms. The minimum absolute atomic E-state index is 0.319. The van der Waals surface area contributed by atoms with E-state index in [1.54, 1.807) is 7.11 Å². The van der Waals surface area contributed by atoms with Gasteiger partial charge in [0.25, 0.3) is 0 Å². The van der Waals surface area contributed by atoms with E-state index in [1.165, 1.54) is 160 Å². The lowest BCUT2D eigenvalue weighted by Crippen LogP contribution is -2.02. The van der Waals surface area contributed by atoms with Gasteiger partial charge in [0.15, 0.2) is 0 Å². The van der Waals surface area contributed by atoms with Gasteiger partial charge in [-0.2, -0.15) is 0 Å². The third kappa shape index (κ3) is 26.5. The van der Waals surface area contributed by atoms with Crippen LogP contribution in [-0.2, 0) is 9.53 Å². The number of ether oxygens (including phenoxy) is 1. The fourth-order valence-electron chi connectivity index (χ4n) is 5.52. The second-order valence-corrected chi connectivity index (χ2v) is 11.4. The van der Waals surface area contributed by atoms with Crippen molar-refractivity contribution in [1.82, 2.24) is 0 Å². The van der Waals surface area contributed by atoms with Gasteiger partial charge in [-0.25, -0.2) is 0 Å². The van der Waals surface area contributed by atoms with Crippen LogP contribution in [0, 0.1) is 11.8 Å². The molecule has 0 aromatic heterocycles. The SMILES string of the molecule is CCCCCC(CCCCC)CCCCCCCCCCC(C=O)CCCCCCCCCOC. The average molecular weight is 495 g/mol. The van der Waals surface area contributed by atoms with E-state index in [-0.39, 0.29) is 0 Å². The quantitative estimate of drug-likeness (QED) is 0.0733. The largest absolute Gasteiger partial charge is 0.385 e. The van der Waals surface area contributed by atoms with Crippen LogP contribution in [0.3, 0.4) is 0 Å². The highest BCUT2D eigenvalue weighted by atomic mass is 16.5. The standard InChI is InChI=1S/C33H66O2/c1-4-6-19-25-32(26-20-7-5-2)27-21-15-11-8-9-12-16-22-28-33(31-34)29-23-17-13-10-14-18-24-30-35-3/h31-33H,4-30H2,1-3H3. The van der Waals surface area contributed by atoms with E-state index < -0.39 is 0 Å². The minimum atomic E-state index is 0.319. The van der Waals surface area contributed by atoms with Crippen LogP contribution in [0.1, 0.15) is 181 Å². The summed E-state index contributed by atoms with van der Waals surface area (Å²) in [4.78, 5) is 11.4. The summed E-state index contributed by atoms with van der Waals surface area (Å²) in [6.45, 7) is 5.55. The molecule has 0 aromatic carbocycles. The van der Waals surface area contributed by atoms with Crippen molar-refractivity contribution in [3.63, 3.8) is 0 Å². The molecule has 0 heterocycles. The Morgan fingerprint density at radius 2 is 0.829 bits per heavy atom. The van der Waals surface area contributed by atoms with Crippen molar-refractivity contribution < 1.29 is 9.53 Å². The maximum Gasteiger partial charge on any atom is 0.123 e. The highest BCUT2D eigenvalue weighted by Crippen LogP contribution is 2.24. The first-order valence-electron chi connectivity index (χ1n) is 16.2. The van der Waals surface area contributed by atoms with Crippen LogP contribution in [0.25, 0.3) is 0 Å². The molecule has 0 radical (unpaired) electrons. The Labute approximate surface area is 222 Å². The number of carbonyl (C=O) groups is 1. The summed E-state index contributed by atoms with van der Waals surface area (Å²) in [5.41, 5.74) is 0. The lowest BCUT2D eigenvalue weighted by atomic mass is 9.90. The Morgan fingerprint density at radius 1 is 0.486 bits per heavy atom. The Morgan fingerprint density at radius 3 is 1.20 bits per heavy atom. The Hall–Kier alpha value is -0.370. The van der Waals surface area contributed by atoms with Gasteiger partial charge >= 0.3 is 0 Å². The Bertz CT molecular complexity index is 385. The van der Waals surface area contributed by atoms with Gasteiger partial charge < -0.3 is 9.53 Å². The van der Waals surface area contributed by atoms with Crippen LogP contribution in [0.5, 0.6) is 0 Å². The van der Waals surface area contributed by atoms with E-state index >= 15 is 0 Å². The Kier molecular flexibility index (Phi) is 29.5. The van der Waals surface area contributed by atoms with Crippen LogP contribution < -0.4 is 0 Å². The monoisotopic (exact) mass is 495 g/mol. The van der Waals surface area contributed by atoms with Crippen LogP contribution >= 0.6 is 0 Å². The van der Waals surface area contributed by atoms with Gasteiger partial charge in [0.05, 0.1) is 0 Å². The van der Waals surface area contributed by atoms with E-state index in [4.69, 9.17) is 4.74 Å². The summed E-state index contributed by atoms with van der Waals surface area (Å²) >= 11 is 0. The molecule has 0 bridgehead atoms. The molecule has 0 amide bonds. The number of hydrogen-bond donors (Lipinski definition) is 0. The van der Waals surface area contributed by atoms with Gasteiger partial charge in [-0.1, -0.05) is 162 Å². The van der Waals surface area contributed by atoms with Crippen molar-refractivity contribution in [2.45, 2.75) is 181 Å². The average Bonchev–Trinajstić information content (AvgIpc) is 2.87. The van der Waals surface area contributed by atoms with Crippen molar-refractivity contribution in [3.05, 3.63) is 0 Å². The fraction of sp³-hybridized carbons (Fsp3) is 0.970. The van der Waals surface area contributed by atoms with Gasteiger partial charge in [-0.15, -0.1) is 0 Å². The summed E-state index contributed by atoms with van der Waals surface area (Å²) in [5.74, 6) is 1.32. The van der Waals surface area contributed by atoms with Crippen molar-refractivity contribution >= 4 is 6.29 Å². The van der Waals surface area contributed by atoms with Crippen molar-refractivity contribution in [2.24, 2.45) is 11.8 Å². The maximum absolute atomic E-state index is 11.4. The van der Waals surface area contributed by atoms with E-state index in [0.717, 1.165) is 25.4 Å². The second-order valence-electron chi connectivity index (χ2n) is 11.4. The molecular weight excluding hydrogens is 428 g/mol. The van der Waals surface area contributed by atoms with E-state index in [1.807, 2.05) is 0 Å². The lowest BCUT2D eigenvalue weighted by Gasteiger charge is -2.16. The topological polar surface area (TPSA) is 26.3 Å². The lowest BCUT2D eigenvalue weighted by molar-refractivity contribution is -0.111. The Balaban J connectivity index is 3.54. The predicted octanol–water partition coefficient (Wildman–Crippen LogP) is 11.2. The molecule has 0 fully saturated rings. The molecular formula is C33H66O2. The molecule has 0 rings (SSSR count). The van der Waals surface area contributed by atoms with Crippen molar-refractivity contribution in [2.75, 3.05) is 13.7 Å². The van der Waals surface area contributed by atoms with Gasteiger partial charge in [-0.3, -0.25) is 0 Å². The molecule has 35 heavy (non-hydrogen) atoms. The summed E-state index contributed by atoms with van der Waals surface area (Å²) in [6, 6.07) is 0. The number of methoxy groups -OCH3 is 1. The zero-order chi connectivity index (χ0) is 25.7. The maximum atomic E-state index is 11.4. The van der Waals surface area contributed by atoms with Gasteiger partial charge in [0, 0.05) is 19.6 Å². The molecule has 0 aromatic rings. The van der Waals surface area contributed by atoms with Crippen LogP contribution in [0.15, 0.2) is 0 Å². The highest BCUT2D eigenvalue weighted by Gasteiger charge is 2.09. The van der Waals surface area contributed by atoms with Crippen molar-refractivity contribution in [3.8, 4) is 0 Å². The van der Waals surface area contributed by atoms with Crippen LogP contribution in [0.4, 0.5) is 0 Å². The zero-order valence-corrected chi connectivity index (χ0v) is 24.6. The zero-order valence-electron chi connectivity index (χ0n) is 24.6. The molecule has 210 valence electrons. The molecule has 0 N–H and O–H groups in total. The first-order chi connectivity index (χ1) is 17.3. The van der Waals surface area contributed by atoms with Crippen LogP contribution in [-0.4, -0.2) is 20.0 Å². The molecule has 0 aliphatic carbocycles.